The molecule has 1 heterocycles. The topological polar surface area (TPSA) is 75.3 Å². The van der Waals surface area contributed by atoms with E-state index in [1.165, 1.54) is 12.1 Å². The number of carbonyl (C=O) groups excluding carboxylic acids is 1. The highest BCUT2D eigenvalue weighted by Gasteiger charge is 2.40. The third-order valence-electron chi connectivity index (χ3n) is 4.99. The summed E-state index contributed by atoms with van der Waals surface area (Å²) in [6.45, 7) is 0. The van der Waals surface area contributed by atoms with E-state index in [1.807, 2.05) is 6.07 Å². The van der Waals surface area contributed by atoms with Crippen LogP contribution >= 0.6 is 0 Å². The van der Waals surface area contributed by atoms with Crippen LogP contribution < -0.4 is 10.6 Å². The Morgan fingerprint density at radius 2 is 1.88 bits per heavy atom. The largest absolute Gasteiger partial charge is 0.335 e. The zero-order chi connectivity index (χ0) is 18.3. The summed E-state index contributed by atoms with van der Waals surface area (Å²) >= 11 is 0. The fraction of sp³-hybridized carbons (Fsp3) is 0.316. The molecule has 0 spiro atoms. The van der Waals surface area contributed by atoms with Crippen molar-refractivity contribution < 1.29 is 17.6 Å². The molecule has 1 saturated carbocycles. The van der Waals surface area contributed by atoms with Crippen LogP contribution in [0.5, 0.6) is 0 Å². The minimum absolute atomic E-state index is 0.0182. The Kier molecular flexibility index (Phi) is 4.19. The summed E-state index contributed by atoms with van der Waals surface area (Å²) in [7, 11) is -3.28. The highest BCUT2D eigenvalue weighted by molar-refractivity contribution is 7.91. The number of amides is 2. The van der Waals surface area contributed by atoms with Crippen molar-refractivity contribution >= 4 is 15.9 Å². The molecule has 4 rings (SSSR count). The number of benzene rings is 2. The van der Waals surface area contributed by atoms with Crippen molar-refractivity contribution in [3.8, 4) is 0 Å². The molecule has 5 nitrogen and oxygen atoms in total. The first-order valence-corrected chi connectivity index (χ1v) is 10.2. The number of fused-ring (bicyclic) bond motifs is 1. The predicted octanol–water partition coefficient (Wildman–Crippen LogP) is 2.90. The number of nitrogens with one attached hydrogen (secondary N) is 2. The zero-order valence-electron chi connectivity index (χ0n) is 14.0. The van der Waals surface area contributed by atoms with Crippen LogP contribution in [0.4, 0.5) is 9.18 Å². The van der Waals surface area contributed by atoms with E-state index >= 15 is 0 Å². The lowest BCUT2D eigenvalue weighted by Gasteiger charge is -2.26. The lowest BCUT2D eigenvalue weighted by Crippen LogP contribution is -2.41. The maximum Gasteiger partial charge on any atom is 0.315 e. The van der Waals surface area contributed by atoms with E-state index in [4.69, 9.17) is 0 Å². The van der Waals surface area contributed by atoms with E-state index in [-0.39, 0.29) is 35.6 Å². The Bertz CT molecular complexity index is 961. The molecule has 1 fully saturated rings. The van der Waals surface area contributed by atoms with E-state index in [9.17, 15) is 17.6 Å². The Labute approximate surface area is 151 Å². The summed E-state index contributed by atoms with van der Waals surface area (Å²) in [6, 6.07) is 12.5. The summed E-state index contributed by atoms with van der Waals surface area (Å²) in [5.74, 6) is -0.141. The molecule has 2 aromatic carbocycles. The van der Waals surface area contributed by atoms with Crippen molar-refractivity contribution in [1.82, 2.24) is 10.6 Å². The van der Waals surface area contributed by atoms with Gasteiger partial charge in [0.05, 0.1) is 16.7 Å². The Morgan fingerprint density at radius 3 is 2.69 bits per heavy atom. The molecule has 136 valence electrons. The maximum absolute atomic E-state index is 13.3. The average Bonchev–Trinajstić information content (AvgIpc) is 3.37. The quantitative estimate of drug-likeness (QED) is 0.867. The minimum atomic E-state index is -3.28. The van der Waals surface area contributed by atoms with Crippen molar-refractivity contribution in [2.24, 2.45) is 0 Å². The van der Waals surface area contributed by atoms with E-state index in [1.54, 1.807) is 30.3 Å². The second-order valence-electron chi connectivity index (χ2n) is 6.82. The van der Waals surface area contributed by atoms with Gasteiger partial charge in [0, 0.05) is 12.0 Å². The van der Waals surface area contributed by atoms with E-state index in [0.717, 1.165) is 12.0 Å². The van der Waals surface area contributed by atoms with Crippen molar-refractivity contribution in [2.75, 3.05) is 5.75 Å². The van der Waals surface area contributed by atoms with Gasteiger partial charge in [-0.1, -0.05) is 30.3 Å². The molecule has 0 saturated heterocycles. The van der Waals surface area contributed by atoms with Crippen LogP contribution in [0.15, 0.2) is 53.4 Å². The van der Waals surface area contributed by atoms with Crippen LogP contribution in [0.1, 0.15) is 35.9 Å². The fourth-order valence-corrected chi connectivity index (χ4v) is 5.19. The van der Waals surface area contributed by atoms with Crippen LogP contribution in [-0.2, 0) is 9.84 Å². The molecule has 2 amide bonds. The Balaban J connectivity index is 1.41. The molecule has 3 atom stereocenters. The number of urea groups is 1. The molecular weight excluding hydrogens is 355 g/mol. The van der Waals surface area contributed by atoms with Crippen molar-refractivity contribution in [2.45, 2.75) is 35.7 Å². The number of carbonyl (C=O) groups is 1. The Hall–Kier alpha value is -2.41. The molecule has 1 aliphatic heterocycles. The summed E-state index contributed by atoms with van der Waals surface area (Å²) in [4.78, 5) is 12.6. The smallest absolute Gasteiger partial charge is 0.315 e. The third kappa shape index (κ3) is 3.31. The lowest BCUT2D eigenvalue weighted by molar-refractivity contribution is 0.235. The number of halogens is 1. The maximum atomic E-state index is 13.3. The van der Waals surface area contributed by atoms with Gasteiger partial charge < -0.3 is 10.6 Å². The van der Waals surface area contributed by atoms with Gasteiger partial charge in [-0.2, -0.15) is 0 Å². The molecule has 0 aromatic heterocycles. The van der Waals surface area contributed by atoms with Gasteiger partial charge in [0.15, 0.2) is 9.84 Å². The summed E-state index contributed by atoms with van der Waals surface area (Å²) < 4.78 is 37.6. The van der Waals surface area contributed by atoms with E-state index in [2.05, 4.69) is 10.6 Å². The molecule has 2 N–H and O–H groups in total. The predicted molar refractivity (Wildman–Crippen MR) is 95.1 cm³/mol. The van der Waals surface area contributed by atoms with Gasteiger partial charge in [-0.25, -0.2) is 17.6 Å². The number of rotatable bonds is 3. The van der Waals surface area contributed by atoms with Crippen LogP contribution in [0.2, 0.25) is 0 Å². The van der Waals surface area contributed by atoms with Gasteiger partial charge in [-0.15, -0.1) is 0 Å². The van der Waals surface area contributed by atoms with Crippen LogP contribution in [0, 0.1) is 5.82 Å². The van der Waals surface area contributed by atoms with Gasteiger partial charge in [0.25, 0.3) is 0 Å². The minimum Gasteiger partial charge on any atom is -0.335 e. The van der Waals surface area contributed by atoms with Crippen LogP contribution in [-0.4, -0.2) is 26.2 Å². The zero-order valence-corrected chi connectivity index (χ0v) is 14.8. The molecule has 26 heavy (non-hydrogen) atoms. The summed E-state index contributed by atoms with van der Waals surface area (Å²) in [5, 5.41) is 5.78. The fourth-order valence-electron chi connectivity index (χ4n) is 3.57. The summed E-state index contributed by atoms with van der Waals surface area (Å²) in [6.07, 6.45) is 1.12. The lowest BCUT2D eigenvalue weighted by atomic mass is 10.0. The number of hydrogen-bond donors (Lipinski definition) is 2. The summed E-state index contributed by atoms with van der Waals surface area (Å²) in [5.41, 5.74) is 1.51. The van der Waals surface area contributed by atoms with Gasteiger partial charge >= 0.3 is 6.03 Å². The first-order valence-electron chi connectivity index (χ1n) is 8.58. The first kappa shape index (κ1) is 17.0. The van der Waals surface area contributed by atoms with Crippen molar-refractivity contribution in [3.05, 3.63) is 65.5 Å². The first-order chi connectivity index (χ1) is 12.4. The molecule has 7 heteroatoms. The highest BCUT2D eigenvalue weighted by Crippen LogP contribution is 2.41. The molecule has 1 aliphatic carbocycles. The van der Waals surface area contributed by atoms with Gasteiger partial charge in [-0.3, -0.25) is 0 Å². The van der Waals surface area contributed by atoms with Crippen molar-refractivity contribution in [3.63, 3.8) is 0 Å². The molecule has 0 radical (unpaired) electrons. The molecule has 2 aliphatic rings. The van der Waals surface area contributed by atoms with Gasteiger partial charge in [0.2, 0.25) is 0 Å². The van der Waals surface area contributed by atoms with E-state index in [0.29, 0.717) is 16.9 Å². The standard InChI is InChI=1S/C19H19FN2O3S/c20-13-5-3-4-12(10-13)15-11-17(15)22-19(23)21-16-8-9-26(24,25)18-7-2-1-6-14(16)18/h1-7,10,15-17H,8-9,11H2,(H2,21,22,23). The third-order valence-corrected chi connectivity index (χ3v) is 6.81. The molecule has 0 bridgehead atoms. The van der Waals surface area contributed by atoms with Crippen LogP contribution in [0.25, 0.3) is 0 Å². The molecular formula is C19H19FN2O3S. The monoisotopic (exact) mass is 374 g/mol. The van der Waals surface area contributed by atoms with Crippen LogP contribution in [0.3, 0.4) is 0 Å². The Morgan fingerprint density at radius 1 is 1.08 bits per heavy atom. The normalized spacial score (nSPS) is 25.8. The SMILES string of the molecule is O=C(NC1CCS(=O)(=O)c2ccccc21)NC1CC1c1cccc(F)c1. The number of sulfone groups is 1. The average molecular weight is 374 g/mol. The molecule has 3 unspecified atom stereocenters. The second kappa shape index (κ2) is 6.39. The van der Waals surface area contributed by atoms with Gasteiger partial charge in [0.1, 0.15) is 5.82 Å². The van der Waals surface area contributed by atoms with E-state index < -0.39 is 9.84 Å². The molecule has 2 aromatic rings. The van der Waals surface area contributed by atoms with Crippen molar-refractivity contribution in [1.29, 1.82) is 0 Å². The highest BCUT2D eigenvalue weighted by atomic mass is 32.2. The second-order valence-corrected chi connectivity index (χ2v) is 8.90. The van der Waals surface area contributed by atoms with Gasteiger partial charge in [-0.05, 0) is 42.2 Å². The number of hydrogen-bond acceptors (Lipinski definition) is 3.